The summed E-state index contributed by atoms with van der Waals surface area (Å²) in [7, 11) is 0. The van der Waals surface area contributed by atoms with Crippen molar-refractivity contribution in [2.75, 3.05) is 0 Å². The van der Waals surface area contributed by atoms with Crippen LogP contribution in [0.1, 0.15) is 38.8 Å². The lowest BCUT2D eigenvalue weighted by molar-refractivity contribution is -0.133. The smallest absolute Gasteiger partial charge is 0.225 e. The van der Waals surface area contributed by atoms with E-state index < -0.39 is 0 Å². The van der Waals surface area contributed by atoms with E-state index in [0.717, 1.165) is 0 Å². The quantitative estimate of drug-likeness (QED) is 0.815. The van der Waals surface area contributed by atoms with Gasteiger partial charge in [0, 0.05) is 18.0 Å². The first-order chi connectivity index (χ1) is 7.41. The molecule has 2 atom stereocenters. The van der Waals surface area contributed by atoms with E-state index in [1.807, 2.05) is 10.3 Å². The number of likely N-dealkylation sites (tertiary alicyclic amines) is 1. The maximum absolute atomic E-state index is 12.0. The van der Waals surface area contributed by atoms with Crippen molar-refractivity contribution in [3.8, 4) is 0 Å². The van der Waals surface area contributed by atoms with Gasteiger partial charge in [-0.05, 0) is 43.2 Å². The van der Waals surface area contributed by atoms with E-state index in [4.69, 9.17) is 5.73 Å². The molecule has 0 bridgehead atoms. The van der Waals surface area contributed by atoms with Crippen LogP contribution in [0.4, 0.5) is 0 Å². The number of hydrogen-bond acceptors (Lipinski definition) is 3. The lowest BCUT2D eigenvalue weighted by Gasteiger charge is -2.38. The molecule has 2 heterocycles. The normalized spacial score (nSPS) is 26.5. The molecular formula is C12H18N2OS. The molecule has 0 spiro atoms. The van der Waals surface area contributed by atoms with Gasteiger partial charge in [0.1, 0.15) is 0 Å². The molecule has 1 aliphatic rings. The highest BCUT2D eigenvalue weighted by Crippen LogP contribution is 2.38. The van der Waals surface area contributed by atoms with E-state index in [9.17, 15) is 4.79 Å². The molecule has 2 unspecified atom stereocenters. The Bertz CT molecular complexity index is 380. The first-order valence-corrected chi connectivity index (χ1v) is 6.45. The van der Waals surface area contributed by atoms with Gasteiger partial charge < -0.3 is 10.6 Å². The molecule has 1 fully saturated rings. The summed E-state index contributed by atoms with van der Waals surface area (Å²) in [6.45, 7) is 6.17. The Morgan fingerprint density at radius 3 is 2.69 bits per heavy atom. The number of carbonyl (C=O) groups is 1. The van der Waals surface area contributed by atoms with E-state index in [-0.39, 0.29) is 23.5 Å². The second-order valence-corrected chi connectivity index (χ2v) is 6.08. The first kappa shape index (κ1) is 11.6. The molecule has 0 aromatic carbocycles. The summed E-state index contributed by atoms with van der Waals surface area (Å²) in [6.07, 6.45) is 0.456. The van der Waals surface area contributed by atoms with Crippen LogP contribution in [0.2, 0.25) is 0 Å². The van der Waals surface area contributed by atoms with Crippen LogP contribution >= 0.6 is 11.3 Å². The molecule has 3 nitrogen and oxygen atoms in total. The fourth-order valence-corrected chi connectivity index (χ4v) is 3.08. The van der Waals surface area contributed by atoms with Gasteiger partial charge >= 0.3 is 0 Å². The summed E-state index contributed by atoms with van der Waals surface area (Å²) in [5.41, 5.74) is 7.09. The second-order valence-electron chi connectivity index (χ2n) is 5.30. The minimum Gasteiger partial charge on any atom is -0.329 e. The first-order valence-electron chi connectivity index (χ1n) is 5.51. The second kappa shape index (κ2) is 3.86. The van der Waals surface area contributed by atoms with Crippen LogP contribution in [0.25, 0.3) is 0 Å². The summed E-state index contributed by atoms with van der Waals surface area (Å²) in [5, 5.41) is 4.12. The molecule has 1 amide bonds. The molecule has 0 aliphatic carbocycles. The minimum atomic E-state index is -0.169. The van der Waals surface area contributed by atoms with Crippen LogP contribution in [-0.4, -0.2) is 22.4 Å². The predicted octanol–water partition coefficient (Wildman–Crippen LogP) is 2.15. The van der Waals surface area contributed by atoms with Crippen LogP contribution in [0.5, 0.6) is 0 Å². The monoisotopic (exact) mass is 238 g/mol. The number of amides is 1. The Kier molecular flexibility index (Phi) is 2.80. The van der Waals surface area contributed by atoms with Crippen molar-refractivity contribution >= 4 is 17.2 Å². The standard InChI is InChI=1S/C12H18N2OS/c1-12(2,3)14-10(15)6-9(13)11(14)8-4-5-16-7-8/h4-5,7,9,11H,6,13H2,1-3H3. The summed E-state index contributed by atoms with van der Waals surface area (Å²) in [6, 6.07) is 2.02. The topological polar surface area (TPSA) is 46.3 Å². The van der Waals surface area contributed by atoms with Crippen LogP contribution < -0.4 is 5.73 Å². The highest BCUT2D eigenvalue weighted by atomic mass is 32.1. The van der Waals surface area contributed by atoms with E-state index >= 15 is 0 Å². The van der Waals surface area contributed by atoms with Crippen molar-refractivity contribution in [2.45, 2.75) is 44.8 Å². The molecule has 2 rings (SSSR count). The third kappa shape index (κ3) is 1.87. The van der Waals surface area contributed by atoms with Gasteiger partial charge in [0.25, 0.3) is 0 Å². The zero-order valence-corrected chi connectivity index (χ0v) is 10.8. The van der Waals surface area contributed by atoms with Gasteiger partial charge in [-0.1, -0.05) is 0 Å². The summed E-state index contributed by atoms with van der Waals surface area (Å²) >= 11 is 1.65. The maximum Gasteiger partial charge on any atom is 0.225 e. The van der Waals surface area contributed by atoms with E-state index in [2.05, 4.69) is 32.2 Å². The lowest BCUT2D eigenvalue weighted by Crippen LogP contribution is -2.45. The lowest BCUT2D eigenvalue weighted by atomic mass is 9.99. The minimum absolute atomic E-state index is 0.0405. The van der Waals surface area contributed by atoms with Gasteiger partial charge in [-0.2, -0.15) is 11.3 Å². The van der Waals surface area contributed by atoms with Crippen LogP contribution in [-0.2, 0) is 4.79 Å². The number of thiophene rings is 1. The van der Waals surface area contributed by atoms with Crippen molar-refractivity contribution in [3.63, 3.8) is 0 Å². The van der Waals surface area contributed by atoms with Gasteiger partial charge in [-0.3, -0.25) is 4.79 Å². The van der Waals surface area contributed by atoms with E-state index in [0.29, 0.717) is 6.42 Å². The van der Waals surface area contributed by atoms with Gasteiger partial charge in [-0.15, -0.1) is 0 Å². The third-order valence-electron chi connectivity index (χ3n) is 2.97. The average molecular weight is 238 g/mol. The van der Waals surface area contributed by atoms with Crippen molar-refractivity contribution in [3.05, 3.63) is 22.4 Å². The Morgan fingerprint density at radius 2 is 2.19 bits per heavy atom. The molecule has 2 N–H and O–H groups in total. The molecule has 1 aromatic rings. The molecule has 16 heavy (non-hydrogen) atoms. The Hall–Kier alpha value is -0.870. The largest absolute Gasteiger partial charge is 0.329 e. The van der Waals surface area contributed by atoms with E-state index in [1.54, 1.807) is 11.3 Å². The van der Waals surface area contributed by atoms with Gasteiger partial charge in [0.2, 0.25) is 5.91 Å². The molecule has 88 valence electrons. The van der Waals surface area contributed by atoms with Crippen molar-refractivity contribution < 1.29 is 4.79 Å². The van der Waals surface area contributed by atoms with Crippen molar-refractivity contribution in [1.82, 2.24) is 4.90 Å². The summed E-state index contributed by atoms with van der Waals surface area (Å²) in [4.78, 5) is 13.9. The van der Waals surface area contributed by atoms with Gasteiger partial charge in [-0.25, -0.2) is 0 Å². The Balaban J connectivity index is 2.38. The molecule has 1 aliphatic heterocycles. The van der Waals surface area contributed by atoms with Crippen molar-refractivity contribution in [2.24, 2.45) is 5.73 Å². The third-order valence-corrected chi connectivity index (χ3v) is 3.67. The van der Waals surface area contributed by atoms with Gasteiger partial charge in [0.05, 0.1) is 6.04 Å². The SMILES string of the molecule is CC(C)(C)N1C(=O)CC(N)C1c1ccsc1. The van der Waals surface area contributed by atoms with Crippen molar-refractivity contribution in [1.29, 1.82) is 0 Å². The summed E-state index contributed by atoms with van der Waals surface area (Å²) < 4.78 is 0. The molecular weight excluding hydrogens is 220 g/mol. The zero-order valence-electron chi connectivity index (χ0n) is 9.93. The van der Waals surface area contributed by atoms with Crippen LogP contribution in [0, 0.1) is 0 Å². The zero-order chi connectivity index (χ0) is 11.9. The summed E-state index contributed by atoms with van der Waals surface area (Å²) in [5.74, 6) is 0.163. The fourth-order valence-electron chi connectivity index (χ4n) is 2.39. The van der Waals surface area contributed by atoms with Crippen LogP contribution in [0.15, 0.2) is 16.8 Å². The molecule has 1 saturated heterocycles. The predicted molar refractivity (Wildman–Crippen MR) is 66.3 cm³/mol. The molecule has 4 heteroatoms. The number of carbonyl (C=O) groups excluding carboxylic acids is 1. The Morgan fingerprint density at radius 1 is 1.50 bits per heavy atom. The fraction of sp³-hybridized carbons (Fsp3) is 0.583. The Labute approximate surface area is 100 Å². The molecule has 0 saturated carbocycles. The number of nitrogens with two attached hydrogens (primary N) is 1. The van der Waals surface area contributed by atoms with Gasteiger partial charge in [0.15, 0.2) is 0 Å². The number of nitrogens with zero attached hydrogens (tertiary/aromatic N) is 1. The number of rotatable bonds is 1. The highest BCUT2D eigenvalue weighted by Gasteiger charge is 2.43. The van der Waals surface area contributed by atoms with Crippen LogP contribution in [0.3, 0.4) is 0 Å². The molecule has 0 radical (unpaired) electrons. The average Bonchev–Trinajstić information content (AvgIpc) is 2.70. The highest BCUT2D eigenvalue weighted by molar-refractivity contribution is 7.08. The molecule has 1 aromatic heterocycles. The maximum atomic E-state index is 12.0. The van der Waals surface area contributed by atoms with E-state index in [1.165, 1.54) is 5.56 Å². The number of hydrogen-bond donors (Lipinski definition) is 1.